The van der Waals surface area contributed by atoms with Crippen LogP contribution in [0.3, 0.4) is 0 Å². The average molecular weight is 345 g/mol. The molecule has 0 fully saturated rings. The average Bonchev–Trinajstić information content (AvgIpc) is 2.95. The van der Waals surface area contributed by atoms with Crippen molar-refractivity contribution in [1.82, 2.24) is 4.90 Å². The first-order valence-corrected chi connectivity index (χ1v) is 8.03. The molecule has 1 amide bonds. The van der Waals surface area contributed by atoms with Crippen molar-refractivity contribution in [2.45, 2.75) is 32.7 Å². The Bertz CT molecular complexity index is 765. The lowest BCUT2D eigenvalue weighted by molar-refractivity contribution is -0.131. The molecule has 1 aromatic heterocycles. The highest BCUT2D eigenvalue weighted by Crippen LogP contribution is 2.29. The summed E-state index contributed by atoms with van der Waals surface area (Å²) in [7, 11) is 3.29. The zero-order valence-electron chi connectivity index (χ0n) is 14.9. The lowest BCUT2D eigenvalue weighted by Crippen LogP contribution is -2.27. The van der Waals surface area contributed by atoms with E-state index < -0.39 is 5.97 Å². The lowest BCUT2D eigenvalue weighted by atomic mass is 9.96. The second-order valence-corrected chi connectivity index (χ2v) is 6.08. The number of carboxylic acids is 1. The first-order valence-electron chi connectivity index (χ1n) is 8.03. The molecule has 0 bridgehead atoms. The van der Waals surface area contributed by atoms with Gasteiger partial charge in [-0.15, -0.1) is 0 Å². The number of aromatic carboxylic acids is 1. The number of nitrogens with zero attached hydrogens (tertiary/aromatic N) is 1. The summed E-state index contributed by atoms with van der Waals surface area (Å²) in [5, 5.41) is 9.06. The van der Waals surface area contributed by atoms with Crippen LogP contribution in [0.1, 0.15) is 46.7 Å². The number of para-hydroxylation sites is 1. The fraction of sp³-hybridized carbons (Fsp3) is 0.368. The van der Waals surface area contributed by atoms with E-state index in [2.05, 4.69) is 0 Å². The van der Waals surface area contributed by atoms with Crippen LogP contribution in [-0.4, -0.2) is 36.0 Å². The first kappa shape index (κ1) is 18.6. The highest BCUT2D eigenvalue weighted by atomic mass is 16.5. The Morgan fingerprint density at radius 2 is 2.00 bits per heavy atom. The van der Waals surface area contributed by atoms with E-state index >= 15 is 0 Å². The van der Waals surface area contributed by atoms with Crippen LogP contribution in [0.25, 0.3) is 0 Å². The number of amides is 1. The van der Waals surface area contributed by atoms with Crippen LogP contribution in [0.2, 0.25) is 0 Å². The molecule has 1 atom stereocenters. The van der Waals surface area contributed by atoms with Crippen LogP contribution >= 0.6 is 0 Å². The molecular weight excluding hydrogens is 322 g/mol. The summed E-state index contributed by atoms with van der Waals surface area (Å²) in [6, 6.07) is 9.10. The molecule has 134 valence electrons. The molecule has 1 heterocycles. The number of furan rings is 1. The largest absolute Gasteiger partial charge is 0.496 e. The van der Waals surface area contributed by atoms with Crippen molar-refractivity contribution < 1.29 is 23.8 Å². The summed E-state index contributed by atoms with van der Waals surface area (Å²) >= 11 is 0. The van der Waals surface area contributed by atoms with E-state index in [1.54, 1.807) is 21.1 Å². The van der Waals surface area contributed by atoms with Crippen molar-refractivity contribution in [3.63, 3.8) is 0 Å². The molecule has 2 rings (SSSR count). The molecule has 0 aliphatic rings. The summed E-state index contributed by atoms with van der Waals surface area (Å²) in [5.74, 6) is 0.467. The van der Waals surface area contributed by atoms with E-state index in [4.69, 9.17) is 14.3 Å². The zero-order valence-corrected chi connectivity index (χ0v) is 14.9. The van der Waals surface area contributed by atoms with Crippen LogP contribution in [0, 0.1) is 6.92 Å². The number of rotatable bonds is 7. The van der Waals surface area contributed by atoms with Crippen LogP contribution in [0.15, 0.2) is 34.7 Å². The number of hydrogen-bond donors (Lipinski definition) is 1. The van der Waals surface area contributed by atoms with Gasteiger partial charge in [0.05, 0.1) is 13.7 Å². The summed E-state index contributed by atoms with van der Waals surface area (Å²) in [6.45, 7) is 3.80. The van der Waals surface area contributed by atoms with Crippen molar-refractivity contribution in [2.24, 2.45) is 0 Å². The van der Waals surface area contributed by atoms with Crippen LogP contribution in [-0.2, 0) is 11.3 Å². The van der Waals surface area contributed by atoms with Gasteiger partial charge in [-0.3, -0.25) is 4.79 Å². The maximum absolute atomic E-state index is 12.5. The molecule has 0 saturated carbocycles. The van der Waals surface area contributed by atoms with Crippen molar-refractivity contribution in [3.8, 4) is 5.75 Å². The summed E-state index contributed by atoms with van der Waals surface area (Å²) in [4.78, 5) is 25.1. The van der Waals surface area contributed by atoms with Gasteiger partial charge < -0.3 is 19.2 Å². The molecule has 0 aliphatic carbocycles. The number of benzene rings is 1. The number of carbonyl (C=O) groups excluding carboxylic acids is 1. The molecule has 0 saturated heterocycles. The Kier molecular flexibility index (Phi) is 5.85. The predicted molar refractivity (Wildman–Crippen MR) is 92.9 cm³/mol. The fourth-order valence-electron chi connectivity index (χ4n) is 2.76. The van der Waals surface area contributed by atoms with Gasteiger partial charge in [0.1, 0.15) is 22.8 Å². The molecule has 1 unspecified atom stereocenters. The summed E-state index contributed by atoms with van der Waals surface area (Å²) < 4.78 is 10.8. The minimum Gasteiger partial charge on any atom is -0.496 e. The molecule has 1 aromatic carbocycles. The fourth-order valence-corrected chi connectivity index (χ4v) is 2.76. The quantitative estimate of drug-likeness (QED) is 0.831. The third kappa shape index (κ3) is 4.41. The normalized spacial score (nSPS) is 11.8. The van der Waals surface area contributed by atoms with E-state index in [-0.39, 0.29) is 23.9 Å². The second-order valence-electron chi connectivity index (χ2n) is 6.08. The molecule has 2 aromatic rings. The van der Waals surface area contributed by atoms with E-state index in [9.17, 15) is 9.59 Å². The zero-order chi connectivity index (χ0) is 18.6. The Morgan fingerprint density at radius 1 is 1.32 bits per heavy atom. The van der Waals surface area contributed by atoms with Gasteiger partial charge in [-0.1, -0.05) is 25.1 Å². The standard InChI is InChI=1S/C19H23NO5/c1-12(15-7-5-6-8-17(15)24-4)9-18(21)20(3)11-14-10-16(19(22)23)13(2)25-14/h5-8,10,12H,9,11H2,1-4H3,(H,22,23). The minimum atomic E-state index is -1.04. The number of aryl methyl sites for hydroxylation is 1. The third-order valence-electron chi connectivity index (χ3n) is 4.17. The smallest absolute Gasteiger partial charge is 0.339 e. The van der Waals surface area contributed by atoms with Gasteiger partial charge in [-0.05, 0) is 30.5 Å². The topological polar surface area (TPSA) is 80.0 Å². The monoisotopic (exact) mass is 345 g/mol. The van der Waals surface area contributed by atoms with Gasteiger partial charge in [0, 0.05) is 13.5 Å². The highest BCUT2D eigenvalue weighted by molar-refractivity contribution is 5.88. The molecule has 6 heteroatoms. The van der Waals surface area contributed by atoms with E-state index in [1.807, 2.05) is 31.2 Å². The Morgan fingerprint density at radius 3 is 2.60 bits per heavy atom. The van der Waals surface area contributed by atoms with Gasteiger partial charge in [0.15, 0.2) is 0 Å². The maximum atomic E-state index is 12.5. The van der Waals surface area contributed by atoms with E-state index in [1.165, 1.54) is 11.0 Å². The molecule has 25 heavy (non-hydrogen) atoms. The Hall–Kier alpha value is -2.76. The Balaban J connectivity index is 2.02. The number of carboxylic acid groups (broad SMARTS) is 1. The van der Waals surface area contributed by atoms with Gasteiger partial charge >= 0.3 is 5.97 Å². The molecule has 0 spiro atoms. The first-order chi connectivity index (χ1) is 11.8. The lowest BCUT2D eigenvalue weighted by Gasteiger charge is -2.20. The van der Waals surface area contributed by atoms with Crippen molar-refractivity contribution in [1.29, 1.82) is 0 Å². The molecule has 0 aliphatic heterocycles. The number of ether oxygens (including phenoxy) is 1. The predicted octanol–water partition coefficient (Wildman–Crippen LogP) is 3.45. The number of methoxy groups -OCH3 is 1. The second kappa shape index (κ2) is 7.88. The van der Waals surface area contributed by atoms with Crippen molar-refractivity contribution in [3.05, 3.63) is 53.0 Å². The number of carbonyl (C=O) groups is 2. The van der Waals surface area contributed by atoms with Gasteiger partial charge in [0.25, 0.3) is 0 Å². The van der Waals surface area contributed by atoms with Crippen LogP contribution in [0.5, 0.6) is 5.75 Å². The summed E-state index contributed by atoms with van der Waals surface area (Å²) in [6.07, 6.45) is 0.322. The molecular formula is C19H23NO5. The van der Waals surface area contributed by atoms with E-state index in [0.29, 0.717) is 17.9 Å². The highest BCUT2D eigenvalue weighted by Gasteiger charge is 2.20. The van der Waals surface area contributed by atoms with Crippen molar-refractivity contribution >= 4 is 11.9 Å². The van der Waals surface area contributed by atoms with Crippen LogP contribution in [0.4, 0.5) is 0 Å². The van der Waals surface area contributed by atoms with Gasteiger partial charge in [-0.2, -0.15) is 0 Å². The molecule has 6 nitrogen and oxygen atoms in total. The Labute approximate surface area is 147 Å². The maximum Gasteiger partial charge on any atom is 0.339 e. The number of hydrogen-bond acceptors (Lipinski definition) is 4. The SMILES string of the molecule is COc1ccccc1C(C)CC(=O)N(C)Cc1cc(C(=O)O)c(C)o1. The van der Waals surface area contributed by atoms with Gasteiger partial charge in [0.2, 0.25) is 5.91 Å². The van der Waals surface area contributed by atoms with E-state index in [0.717, 1.165) is 11.3 Å². The molecule has 0 radical (unpaired) electrons. The third-order valence-corrected chi connectivity index (χ3v) is 4.17. The van der Waals surface area contributed by atoms with Crippen molar-refractivity contribution in [2.75, 3.05) is 14.2 Å². The minimum absolute atomic E-state index is 0.000910. The van der Waals surface area contributed by atoms with Gasteiger partial charge in [-0.25, -0.2) is 4.79 Å². The van der Waals surface area contributed by atoms with Crippen LogP contribution < -0.4 is 4.74 Å². The molecule has 1 N–H and O–H groups in total. The summed E-state index contributed by atoms with van der Waals surface area (Å²) in [5.41, 5.74) is 1.10.